The largest absolute Gasteiger partial charge is 0.370 e. The summed E-state index contributed by atoms with van der Waals surface area (Å²) in [5.41, 5.74) is 3.55. The van der Waals surface area contributed by atoms with E-state index in [0.29, 0.717) is 19.1 Å². The summed E-state index contributed by atoms with van der Waals surface area (Å²) in [6.45, 7) is 11.5. The number of carbonyl (C=O) groups excluding carboxylic acids is 1. The predicted octanol–water partition coefficient (Wildman–Crippen LogP) is 3.86. The molecule has 0 saturated carbocycles. The molecular formula is C31H38ClN7O. The van der Waals surface area contributed by atoms with Gasteiger partial charge in [0, 0.05) is 81.0 Å². The van der Waals surface area contributed by atoms with E-state index in [1.807, 2.05) is 17.0 Å². The van der Waals surface area contributed by atoms with E-state index in [2.05, 4.69) is 71.5 Å². The van der Waals surface area contributed by atoms with E-state index < -0.39 is 0 Å². The van der Waals surface area contributed by atoms with Crippen LogP contribution in [0.1, 0.15) is 18.2 Å². The van der Waals surface area contributed by atoms with Crippen LogP contribution in [0, 0.1) is 0 Å². The van der Waals surface area contributed by atoms with Gasteiger partial charge in [-0.05, 0) is 51.0 Å². The molecule has 9 heteroatoms. The Balaban J connectivity index is 1.34. The van der Waals surface area contributed by atoms with Gasteiger partial charge < -0.3 is 24.5 Å². The van der Waals surface area contributed by atoms with E-state index in [1.54, 1.807) is 0 Å². The number of benzene rings is 2. The van der Waals surface area contributed by atoms with Crippen molar-refractivity contribution in [2.75, 3.05) is 74.6 Å². The Labute approximate surface area is 241 Å². The summed E-state index contributed by atoms with van der Waals surface area (Å²) in [6, 6.07) is 13.2. The summed E-state index contributed by atoms with van der Waals surface area (Å²) >= 11 is 6.71. The van der Waals surface area contributed by atoms with E-state index in [0.717, 1.165) is 78.8 Å². The zero-order valence-electron chi connectivity index (χ0n) is 23.7. The monoisotopic (exact) mass is 559 g/mol. The van der Waals surface area contributed by atoms with Gasteiger partial charge in [0.25, 0.3) is 0 Å². The highest BCUT2D eigenvalue weighted by atomic mass is 35.5. The van der Waals surface area contributed by atoms with Crippen LogP contribution in [-0.2, 0) is 17.6 Å². The summed E-state index contributed by atoms with van der Waals surface area (Å²) in [5.74, 6) is 1.85. The molecule has 3 aliphatic rings. The molecule has 210 valence electrons. The van der Waals surface area contributed by atoms with Crippen molar-refractivity contribution >= 4 is 45.7 Å². The number of hydrogen-bond donors (Lipinski definition) is 0. The Morgan fingerprint density at radius 3 is 2.48 bits per heavy atom. The molecule has 0 N–H and O–H groups in total. The molecule has 1 atom stereocenters. The van der Waals surface area contributed by atoms with Gasteiger partial charge in [0.05, 0.1) is 10.7 Å². The molecule has 0 spiro atoms. The second-order valence-electron chi connectivity index (χ2n) is 11.4. The summed E-state index contributed by atoms with van der Waals surface area (Å²) < 4.78 is 0. The van der Waals surface area contributed by atoms with Crippen molar-refractivity contribution in [3.05, 3.63) is 65.3 Å². The first-order valence-electron chi connectivity index (χ1n) is 14.3. The molecule has 0 unspecified atom stereocenters. The number of rotatable bonds is 5. The van der Waals surface area contributed by atoms with Crippen molar-refractivity contribution in [1.82, 2.24) is 19.8 Å². The van der Waals surface area contributed by atoms with Crippen LogP contribution in [0.4, 0.5) is 17.5 Å². The van der Waals surface area contributed by atoms with E-state index in [1.165, 1.54) is 17.3 Å². The quantitative estimate of drug-likeness (QED) is 0.440. The van der Waals surface area contributed by atoms with E-state index in [4.69, 9.17) is 21.6 Å². The molecule has 0 bridgehead atoms. The minimum Gasteiger partial charge on any atom is -0.370 e. The van der Waals surface area contributed by atoms with E-state index in [9.17, 15) is 4.79 Å². The lowest BCUT2D eigenvalue weighted by molar-refractivity contribution is -0.126. The standard InChI is InChI=1S/C31H38ClN7O/c1-5-28(40)37-16-17-39(21(2)18-37)30-24-12-14-36(27-11-7-9-22-8-6-10-25(32)29(22)27)15-13-26(24)33-31(34-30)38-19-23(20-38)35(3)4/h5-11,21,23H,1,12-20H2,2-4H3/t21-/m0/s1. The molecule has 0 aliphatic carbocycles. The highest BCUT2D eigenvalue weighted by Gasteiger charge is 2.34. The predicted molar refractivity (Wildman–Crippen MR) is 164 cm³/mol. The summed E-state index contributed by atoms with van der Waals surface area (Å²) in [6.07, 6.45) is 3.11. The maximum atomic E-state index is 12.3. The highest BCUT2D eigenvalue weighted by Crippen LogP contribution is 2.36. The zero-order valence-corrected chi connectivity index (χ0v) is 24.4. The number of halogens is 1. The average Bonchev–Trinajstić information content (AvgIpc) is 3.14. The van der Waals surface area contributed by atoms with Gasteiger partial charge >= 0.3 is 0 Å². The molecule has 3 aromatic rings. The topological polar surface area (TPSA) is 59.1 Å². The SMILES string of the molecule is C=CC(=O)N1CCN(c2nc(N3CC(N(C)C)C3)nc3c2CCN(c2cccc4cccc(Cl)c24)CC3)[C@@H](C)C1. The lowest BCUT2D eigenvalue weighted by Crippen LogP contribution is -2.58. The average molecular weight is 560 g/mol. The third-order valence-corrected chi connectivity index (χ3v) is 9.06. The molecular weight excluding hydrogens is 522 g/mol. The van der Waals surface area contributed by atoms with Crippen molar-refractivity contribution in [1.29, 1.82) is 0 Å². The number of piperazine rings is 1. The molecule has 0 radical (unpaired) electrons. The molecule has 2 aromatic carbocycles. The van der Waals surface area contributed by atoms with Crippen LogP contribution >= 0.6 is 11.6 Å². The van der Waals surface area contributed by atoms with Crippen molar-refractivity contribution in [3.63, 3.8) is 0 Å². The minimum absolute atomic E-state index is 0.00611. The number of likely N-dealkylation sites (N-methyl/N-ethyl adjacent to an activating group) is 1. The van der Waals surface area contributed by atoms with Gasteiger partial charge in [-0.25, -0.2) is 4.98 Å². The third-order valence-electron chi connectivity index (χ3n) is 8.74. The van der Waals surface area contributed by atoms with Crippen LogP contribution in [0.3, 0.4) is 0 Å². The second kappa shape index (κ2) is 10.9. The lowest BCUT2D eigenvalue weighted by Gasteiger charge is -2.44. The maximum absolute atomic E-state index is 12.3. The number of anilines is 3. The fourth-order valence-corrected chi connectivity index (χ4v) is 6.55. The fraction of sp³-hybridized carbons (Fsp3) is 0.452. The van der Waals surface area contributed by atoms with Gasteiger partial charge in [-0.2, -0.15) is 4.98 Å². The first-order chi connectivity index (χ1) is 19.3. The Hall–Kier alpha value is -3.36. The van der Waals surface area contributed by atoms with Crippen LogP contribution in [0.2, 0.25) is 5.02 Å². The number of carbonyl (C=O) groups is 1. The molecule has 8 nitrogen and oxygen atoms in total. The molecule has 6 rings (SSSR count). The molecule has 4 heterocycles. The van der Waals surface area contributed by atoms with Crippen LogP contribution in [0.15, 0.2) is 49.1 Å². The maximum Gasteiger partial charge on any atom is 0.246 e. The van der Waals surface area contributed by atoms with Crippen molar-refractivity contribution in [3.8, 4) is 0 Å². The van der Waals surface area contributed by atoms with Gasteiger partial charge in [-0.1, -0.05) is 42.4 Å². The fourth-order valence-electron chi connectivity index (χ4n) is 6.27. The van der Waals surface area contributed by atoms with Crippen LogP contribution < -0.4 is 14.7 Å². The first-order valence-corrected chi connectivity index (χ1v) is 14.6. The van der Waals surface area contributed by atoms with E-state index in [-0.39, 0.29) is 11.9 Å². The summed E-state index contributed by atoms with van der Waals surface area (Å²) in [4.78, 5) is 34.0. The Morgan fingerprint density at radius 2 is 1.75 bits per heavy atom. The Bertz CT molecular complexity index is 1430. The Morgan fingerprint density at radius 1 is 1.00 bits per heavy atom. The van der Waals surface area contributed by atoms with Crippen LogP contribution in [0.25, 0.3) is 10.8 Å². The van der Waals surface area contributed by atoms with Gasteiger partial charge in [-0.3, -0.25) is 4.79 Å². The zero-order chi connectivity index (χ0) is 28.0. The second-order valence-corrected chi connectivity index (χ2v) is 11.8. The summed E-state index contributed by atoms with van der Waals surface area (Å²) in [7, 11) is 4.26. The van der Waals surface area contributed by atoms with E-state index >= 15 is 0 Å². The number of nitrogens with zero attached hydrogens (tertiary/aromatic N) is 7. The van der Waals surface area contributed by atoms with Gasteiger partial charge in [0.2, 0.25) is 11.9 Å². The normalized spacial score (nSPS) is 20.0. The van der Waals surface area contributed by atoms with Crippen LogP contribution in [0.5, 0.6) is 0 Å². The molecule has 1 aromatic heterocycles. The van der Waals surface area contributed by atoms with Crippen molar-refractivity contribution in [2.24, 2.45) is 0 Å². The lowest BCUT2D eigenvalue weighted by atomic mass is 10.1. The number of fused-ring (bicyclic) bond motifs is 2. The Kier molecular flexibility index (Phi) is 7.31. The first kappa shape index (κ1) is 26.8. The third kappa shape index (κ3) is 4.88. The molecule has 3 aliphatic heterocycles. The van der Waals surface area contributed by atoms with Gasteiger partial charge in [0.15, 0.2) is 0 Å². The molecule has 40 heavy (non-hydrogen) atoms. The number of amides is 1. The smallest absolute Gasteiger partial charge is 0.246 e. The van der Waals surface area contributed by atoms with Gasteiger partial charge in [0.1, 0.15) is 5.82 Å². The van der Waals surface area contributed by atoms with Crippen LogP contribution in [-0.4, -0.2) is 97.7 Å². The number of hydrogen-bond acceptors (Lipinski definition) is 7. The summed E-state index contributed by atoms with van der Waals surface area (Å²) in [5, 5.41) is 3.05. The molecule has 2 fully saturated rings. The number of aromatic nitrogens is 2. The van der Waals surface area contributed by atoms with Crippen molar-refractivity contribution in [2.45, 2.75) is 31.8 Å². The minimum atomic E-state index is -0.00611. The van der Waals surface area contributed by atoms with Gasteiger partial charge in [-0.15, -0.1) is 0 Å². The van der Waals surface area contributed by atoms with Crippen molar-refractivity contribution < 1.29 is 4.79 Å². The highest BCUT2D eigenvalue weighted by molar-refractivity contribution is 6.36. The molecule has 2 saturated heterocycles. The molecule has 1 amide bonds.